The number of nitrogens with two attached hydrogens (primary N) is 1. The van der Waals surface area contributed by atoms with Gasteiger partial charge in [-0.3, -0.25) is 4.90 Å². The van der Waals surface area contributed by atoms with E-state index in [1.165, 1.54) is 12.1 Å². The molecule has 1 saturated heterocycles. The van der Waals surface area contributed by atoms with Crippen molar-refractivity contribution in [1.82, 2.24) is 14.5 Å². The number of nitrogens with zero attached hydrogens (tertiary/aromatic N) is 3. The highest BCUT2D eigenvalue weighted by molar-refractivity contribution is 7.89. The van der Waals surface area contributed by atoms with Gasteiger partial charge in [-0.25, -0.2) is 31.7 Å². The number of benzene rings is 2. The molecule has 1 fully saturated rings. The van der Waals surface area contributed by atoms with Crippen LogP contribution in [-0.4, -0.2) is 41.9 Å². The fourth-order valence-corrected chi connectivity index (χ4v) is 4.68. The lowest BCUT2D eigenvalue weighted by molar-refractivity contribution is -0.0568. The van der Waals surface area contributed by atoms with E-state index in [-0.39, 0.29) is 36.4 Å². The van der Waals surface area contributed by atoms with Gasteiger partial charge in [-0.15, -0.1) is 0 Å². The highest BCUT2D eigenvalue weighted by Crippen LogP contribution is 2.30. The number of aromatic nitrogens is 2. The first-order valence-electron chi connectivity index (χ1n) is 11.0. The molecule has 0 unspecified atom stereocenters. The summed E-state index contributed by atoms with van der Waals surface area (Å²) in [4.78, 5) is 6.21. The number of likely N-dealkylation sites (tertiary alicyclic amines) is 1. The van der Waals surface area contributed by atoms with Crippen molar-refractivity contribution >= 4 is 10.0 Å². The number of hydrogen-bond acceptors (Lipinski definition) is 4. The lowest BCUT2D eigenvalue weighted by Gasteiger charge is -2.31. The Labute approximate surface area is 197 Å². The maximum absolute atomic E-state index is 15.0. The standard InChI is InChI=1S/C24H27F3N4O2S/c1-16-3-4-17(2)18(11-16)13-31-15-19(14-30-9-7-24(26,27)8-10-30)29-23(31)21-6-5-20(12-22(21)25)34(28,32)33/h3-6,11-12,15H,7-10,13-14H2,1-2H3,(H2,28,32,33). The first kappa shape index (κ1) is 24.4. The predicted molar refractivity (Wildman–Crippen MR) is 123 cm³/mol. The van der Waals surface area contributed by atoms with Crippen LogP contribution in [0.5, 0.6) is 0 Å². The number of rotatable bonds is 6. The monoisotopic (exact) mass is 492 g/mol. The minimum atomic E-state index is -4.05. The fourth-order valence-electron chi connectivity index (χ4n) is 4.16. The normalized spacial score (nSPS) is 16.6. The Morgan fingerprint density at radius 2 is 1.76 bits per heavy atom. The first-order chi connectivity index (χ1) is 15.9. The summed E-state index contributed by atoms with van der Waals surface area (Å²) in [7, 11) is -4.05. The number of alkyl halides is 2. The summed E-state index contributed by atoms with van der Waals surface area (Å²) in [5, 5.41) is 5.13. The molecule has 1 aliphatic heterocycles. The molecule has 3 aromatic rings. The van der Waals surface area contributed by atoms with Gasteiger partial charge in [0.25, 0.3) is 5.92 Å². The summed E-state index contributed by atoms with van der Waals surface area (Å²) in [5.41, 5.74) is 3.94. The average molecular weight is 493 g/mol. The number of aryl methyl sites for hydroxylation is 2. The minimum absolute atomic E-state index is 0.133. The largest absolute Gasteiger partial charge is 0.326 e. The van der Waals surface area contributed by atoms with Crippen LogP contribution in [-0.2, 0) is 23.1 Å². The molecular formula is C24H27F3N4O2S. The molecule has 0 saturated carbocycles. The SMILES string of the molecule is Cc1ccc(C)c(Cn2cc(CN3CCC(F)(F)CC3)nc2-c2ccc(S(N)(=O)=O)cc2F)c1. The first-order valence-corrected chi connectivity index (χ1v) is 12.5. The molecule has 0 atom stereocenters. The average Bonchev–Trinajstić information content (AvgIpc) is 3.13. The van der Waals surface area contributed by atoms with E-state index in [1.54, 1.807) is 6.20 Å². The third kappa shape index (κ3) is 5.51. The van der Waals surface area contributed by atoms with Crippen LogP contribution in [0, 0.1) is 19.7 Å². The van der Waals surface area contributed by atoms with E-state index >= 15 is 4.39 Å². The number of piperidine rings is 1. The minimum Gasteiger partial charge on any atom is -0.326 e. The van der Waals surface area contributed by atoms with E-state index in [1.807, 2.05) is 41.5 Å². The molecular weight excluding hydrogens is 465 g/mol. The molecule has 0 spiro atoms. The van der Waals surface area contributed by atoms with E-state index in [4.69, 9.17) is 5.14 Å². The van der Waals surface area contributed by atoms with Crippen LogP contribution in [0.15, 0.2) is 47.5 Å². The Morgan fingerprint density at radius 3 is 2.41 bits per heavy atom. The van der Waals surface area contributed by atoms with Crippen LogP contribution in [0.4, 0.5) is 13.2 Å². The summed E-state index contributed by atoms with van der Waals surface area (Å²) >= 11 is 0. The molecule has 182 valence electrons. The van der Waals surface area contributed by atoms with Gasteiger partial charge in [0.2, 0.25) is 10.0 Å². The van der Waals surface area contributed by atoms with Crippen molar-refractivity contribution in [3.8, 4) is 11.4 Å². The number of imidazole rings is 1. The lowest BCUT2D eigenvalue weighted by Crippen LogP contribution is -2.38. The van der Waals surface area contributed by atoms with E-state index < -0.39 is 21.8 Å². The van der Waals surface area contributed by atoms with E-state index in [0.29, 0.717) is 24.6 Å². The molecule has 0 radical (unpaired) electrons. The van der Waals surface area contributed by atoms with Crippen LogP contribution in [0.1, 0.15) is 35.2 Å². The summed E-state index contributed by atoms with van der Waals surface area (Å²) in [6, 6.07) is 9.55. The molecule has 34 heavy (non-hydrogen) atoms. The molecule has 0 bridgehead atoms. The quantitative estimate of drug-likeness (QED) is 0.558. The van der Waals surface area contributed by atoms with Gasteiger partial charge >= 0.3 is 0 Å². The van der Waals surface area contributed by atoms with Crippen molar-refractivity contribution in [1.29, 1.82) is 0 Å². The Hall–Kier alpha value is -2.69. The molecule has 6 nitrogen and oxygen atoms in total. The van der Waals surface area contributed by atoms with E-state index in [0.717, 1.165) is 22.8 Å². The smallest absolute Gasteiger partial charge is 0.250 e. The Morgan fingerprint density at radius 1 is 1.06 bits per heavy atom. The highest BCUT2D eigenvalue weighted by atomic mass is 32.2. The number of halogens is 3. The third-order valence-corrected chi connectivity index (χ3v) is 7.07. The fraction of sp³-hybridized carbons (Fsp3) is 0.375. The van der Waals surface area contributed by atoms with Crippen molar-refractivity contribution in [3.63, 3.8) is 0 Å². The van der Waals surface area contributed by atoms with Gasteiger partial charge in [-0.2, -0.15) is 0 Å². The van der Waals surface area contributed by atoms with Crippen molar-refractivity contribution in [3.05, 3.63) is 70.8 Å². The Kier molecular flexibility index (Phi) is 6.58. The van der Waals surface area contributed by atoms with Crippen molar-refractivity contribution < 1.29 is 21.6 Å². The molecule has 4 rings (SSSR count). The predicted octanol–water partition coefficient (Wildman–Crippen LogP) is 4.23. The van der Waals surface area contributed by atoms with Gasteiger partial charge < -0.3 is 4.57 Å². The van der Waals surface area contributed by atoms with Crippen LogP contribution in [0.3, 0.4) is 0 Å². The molecule has 2 aromatic carbocycles. The van der Waals surface area contributed by atoms with Crippen molar-refractivity contribution in [2.75, 3.05) is 13.1 Å². The lowest BCUT2D eigenvalue weighted by atomic mass is 10.1. The van der Waals surface area contributed by atoms with Crippen LogP contribution >= 0.6 is 0 Å². The zero-order valence-electron chi connectivity index (χ0n) is 19.1. The van der Waals surface area contributed by atoms with Gasteiger partial charge in [0.15, 0.2) is 0 Å². The van der Waals surface area contributed by atoms with E-state index in [9.17, 15) is 17.2 Å². The molecule has 1 aromatic heterocycles. The third-order valence-electron chi connectivity index (χ3n) is 6.15. The van der Waals surface area contributed by atoms with Crippen LogP contribution < -0.4 is 5.14 Å². The number of primary sulfonamides is 1. The topological polar surface area (TPSA) is 81.2 Å². The van der Waals surface area contributed by atoms with Crippen LogP contribution in [0.25, 0.3) is 11.4 Å². The van der Waals surface area contributed by atoms with E-state index in [2.05, 4.69) is 4.98 Å². The summed E-state index contributed by atoms with van der Waals surface area (Å²) in [6.07, 6.45) is 1.40. The second-order valence-corrected chi connectivity index (χ2v) is 10.5. The summed E-state index contributed by atoms with van der Waals surface area (Å²) in [5.74, 6) is -3.07. The van der Waals surface area contributed by atoms with Crippen molar-refractivity contribution in [2.45, 2.75) is 50.6 Å². The zero-order chi connectivity index (χ0) is 24.7. The second-order valence-electron chi connectivity index (χ2n) is 8.93. The van der Waals surface area contributed by atoms with Gasteiger partial charge in [-0.1, -0.05) is 23.8 Å². The number of sulfonamides is 1. The summed E-state index contributed by atoms with van der Waals surface area (Å²) in [6.45, 7) is 5.26. The molecule has 0 amide bonds. The summed E-state index contributed by atoms with van der Waals surface area (Å²) < 4.78 is 67.1. The molecule has 2 N–H and O–H groups in total. The van der Waals surface area contributed by atoms with Crippen LogP contribution in [0.2, 0.25) is 0 Å². The van der Waals surface area contributed by atoms with Gasteiger partial charge in [0.1, 0.15) is 11.6 Å². The molecule has 1 aliphatic rings. The Balaban J connectivity index is 1.71. The molecule has 2 heterocycles. The highest BCUT2D eigenvalue weighted by Gasteiger charge is 2.34. The second kappa shape index (κ2) is 9.16. The Bertz CT molecular complexity index is 1310. The van der Waals surface area contributed by atoms with Gasteiger partial charge in [-0.05, 0) is 43.2 Å². The maximum Gasteiger partial charge on any atom is 0.250 e. The zero-order valence-corrected chi connectivity index (χ0v) is 19.9. The molecule has 10 heteroatoms. The molecule has 0 aliphatic carbocycles. The van der Waals surface area contributed by atoms with Crippen molar-refractivity contribution in [2.24, 2.45) is 5.14 Å². The number of hydrogen-bond donors (Lipinski definition) is 1. The maximum atomic E-state index is 15.0. The van der Waals surface area contributed by atoms with Gasteiger partial charge in [0, 0.05) is 45.2 Å². The van der Waals surface area contributed by atoms with Gasteiger partial charge in [0.05, 0.1) is 16.2 Å².